The Hall–Kier alpha value is -1.17. The van der Waals surface area contributed by atoms with Gasteiger partial charge in [-0.1, -0.05) is 26.0 Å². The van der Waals surface area contributed by atoms with E-state index in [4.69, 9.17) is 10.5 Å². The molecule has 22 heavy (non-hydrogen) atoms. The van der Waals surface area contributed by atoms with Gasteiger partial charge in [0.05, 0.1) is 6.10 Å². The SMILES string of the molecule is CCOC1CC(N)(C(=O)NCc2ccc(F)cc2)C1(C)C.Cl. The number of amides is 1. The van der Waals surface area contributed by atoms with Gasteiger partial charge in [0, 0.05) is 25.0 Å². The number of benzene rings is 1. The lowest BCUT2D eigenvalue weighted by molar-refractivity contribution is -0.170. The van der Waals surface area contributed by atoms with Crippen molar-refractivity contribution in [3.63, 3.8) is 0 Å². The van der Waals surface area contributed by atoms with E-state index in [2.05, 4.69) is 5.32 Å². The molecule has 0 saturated heterocycles. The second-order valence-electron chi connectivity index (χ2n) is 6.15. The molecule has 0 bridgehead atoms. The standard InChI is InChI=1S/C16H23FN2O2.ClH/c1-4-21-13-9-16(18,15(13,2)3)14(20)19-10-11-5-7-12(17)8-6-11;/h5-8,13H,4,9-10,18H2,1-3H3,(H,19,20);1H. The van der Waals surface area contributed by atoms with Crippen LogP contribution in [0.1, 0.15) is 32.8 Å². The Labute approximate surface area is 137 Å². The number of hydrogen-bond donors (Lipinski definition) is 2. The molecule has 1 aromatic rings. The molecule has 1 saturated carbocycles. The van der Waals surface area contributed by atoms with Crippen LogP contribution in [0, 0.1) is 11.2 Å². The Morgan fingerprint density at radius 1 is 1.41 bits per heavy atom. The Balaban J connectivity index is 0.00000242. The van der Waals surface area contributed by atoms with Gasteiger partial charge in [-0.25, -0.2) is 4.39 Å². The lowest BCUT2D eigenvalue weighted by Crippen LogP contribution is -2.75. The van der Waals surface area contributed by atoms with Crippen LogP contribution >= 0.6 is 12.4 Å². The fourth-order valence-corrected chi connectivity index (χ4v) is 2.76. The van der Waals surface area contributed by atoms with E-state index in [-0.39, 0.29) is 30.2 Å². The Morgan fingerprint density at radius 2 is 2.00 bits per heavy atom. The number of carbonyl (C=O) groups excluding carboxylic acids is 1. The van der Waals surface area contributed by atoms with E-state index in [9.17, 15) is 9.18 Å². The summed E-state index contributed by atoms with van der Waals surface area (Å²) in [6, 6.07) is 6.04. The van der Waals surface area contributed by atoms with Gasteiger partial charge in [0.25, 0.3) is 0 Å². The first-order chi connectivity index (χ1) is 9.81. The Bertz CT molecular complexity index is 521. The minimum Gasteiger partial charge on any atom is -0.378 e. The summed E-state index contributed by atoms with van der Waals surface area (Å²) in [5.74, 6) is -0.479. The first kappa shape index (κ1) is 18.9. The predicted molar refractivity (Wildman–Crippen MR) is 86.2 cm³/mol. The van der Waals surface area contributed by atoms with Gasteiger partial charge in [-0.3, -0.25) is 4.79 Å². The van der Waals surface area contributed by atoms with Crippen LogP contribution in [0.4, 0.5) is 4.39 Å². The number of halogens is 2. The van der Waals surface area contributed by atoms with E-state index in [0.29, 0.717) is 19.6 Å². The molecule has 4 nitrogen and oxygen atoms in total. The van der Waals surface area contributed by atoms with E-state index in [1.165, 1.54) is 12.1 Å². The Morgan fingerprint density at radius 3 is 2.50 bits per heavy atom. The minimum atomic E-state index is -0.924. The summed E-state index contributed by atoms with van der Waals surface area (Å²) < 4.78 is 18.4. The molecule has 6 heteroatoms. The van der Waals surface area contributed by atoms with Crippen molar-refractivity contribution in [1.82, 2.24) is 5.32 Å². The highest BCUT2D eigenvalue weighted by atomic mass is 35.5. The third kappa shape index (κ3) is 3.26. The first-order valence-electron chi connectivity index (χ1n) is 7.24. The maximum atomic E-state index is 12.8. The summed E-state index contributed by atoms with van der Waals surface area (Å²) in [6.07, 6.45) is 0.521. The number of hydrogen-bond acceptors (Lipinski definition) is 3. The smallest absolute Gasteiger partial charge is 0.241 e. The average molecular weight is 331 g/mol. The summed E-state index contributed by atoms with van der Waals surface area (Å²) in [5, 5.41) is 2.84. The first-order valence-corrected chi connectivity index (χ1v) is 7.24. The van der Waals surface area contributed by atoms with Gasteiger partial charge in [-0.05, 0) is 24.6 Å². The molecule has 2 unspecified atom stereocenters. The highest BCUT2D eigenvalue weighted by Gasteiger charge is 2.62. The summed E-state index contributed by atoms with van der Waals surface area (Å²) in [7, 11) is 0. The molecule has 0 spiro atoms. The highest BCUT2D eigenvalue weighted by molar-refractivity contribution is 5.88. The zero-order chi connectivity index (χ0) is 15.7. The van der Waals surface area contributed by atoms with Crippen LogP contribution in [0.3, 0.4) is 0 Å². The van der Waals surface area contributed by atoms with Gasteiger partial charge >= 0.3 is 0 Å². The number of nitrogens with one attached hydrogen (secondary N) is 1. The average Bonchev–Trinajstić information content (AvgIpc) is 2.45. The summed E-state index contributed by atoms with van der Waals surface area (Å²) in [6.45, 7) is 6.79. The number of nitrogens with two attached hydrogens (primary N) is 1. The molecule has 2 atom stereocenters. The minimum absolute atomic E-state index is 0. The fraction of sp³-hybridized carbons (Fsp3) is 0.562. The van der Waals surface area contributed by atoms with Crippen LogP contribution in [-0.4, -0.2) is 24.2 Å². The maximum Gasteiger partial charge on any atom is 0.241 e. The summed E-state index contributed by atoms with van der Waals surface area (Å²) >= 11 is 0. The molecule has 1 aromatic carbocycles. The lowest BCUT2D eigenvalue weighted by atomic mass is 9.54. The fourth-order valence-electron chi connectivity index (χ4n) is 2.76. The highest BCUT2D eigenvalue weighted by Crippen LogP contribution is 2.49. The van der Waals surface area contributed by atoms with E-state index in [1.54, 1.807) is 12.1 Å². The van der Waals surface area contributed by atoms with Crippen LogP contribution < -0.4 is 11.1 Å². The molecule has 0 radical (unpaired) electrons. The van der Waals surface area contributed by atoms with Crippen molar-refractivity contribution in [3.05, 3.63) is 35.6 Å². The quantitative estimate of drug-likeness (QED) is 0.871. The largest absolute Gasteiger partial charge is 0.378 e. The van der Waals surface area contributed by atoms with Crippen LogP contribution in [0.25, 0.3) is 0 Å². The maximum absolute atomic E-state index is 12.8. The van der Waals surface area contributed by atoms with Gasteiger partial charge in [-0.15, -0.1) is 12.4 Å². The van der Waals surface area contributed by atoms with Crippen molar-refractivity contribution in [3.8, 4) is 0 Å². The third-order valence-corrected chi connectivity index (χ3v) is 4.60. The van der Waals surface area contributed by atoms with Gasteiger partial charge in [-0.2, -0.15) is 0 Å². The van der Waals surface area contributed by atoms with Gasteiger partial charge in [0.15, 0.2) is 0 Å². The molecule has 3 N–H and O–H groups in total. The van der Waals surface area contributed by atoms with Crippen molar-refractivity contribution in [1.29, 1.82) is 0 Å². The van der Waals surface area contributed by atoms with Crippen molar-refractivity contribution < 1.29 is 13.9 Å². The molecule has 124 valence electrons. The van der Waals surface area contributed by atoms with Gasteiger partial charge < -0.3 is 15.8 Å². The monoisotopic (exact) mass is 330 g/mol. The van der Waals surface area contributed by atoms with E-state index < -0.39 is 11.0 Å². The molecule has 0 aromatic heterocycles. The van der Waals surface area contributed by atoms with Crippen LogP contribution in [0.15, 0.2) is 24.3 Å². The molecular weight excluding hydrogens is 307 g/mol. The molecule has 1 amide bonds. The van der Waals surface area contributed by atoms with Gasteiger partial charge in [0.1, 0.15) is 11.4 Å². The van der Waals surface area contributed by atoms with E-state index >= 15 is 0 Å². The summed E-state index contributed by atoms with van der Waals surface area (Å²) in [5.41, 5.74) is 5.79. The topological polar surface area (TPSA) is 64.3 Å². The van der Waals surface area contributed by atoms with Crippen molar-refractivity contribution >= 4 is 18.3 Å². The molecular formula is C16H24ClFN2O2. The number of rotatable bonds is 5. The van der Waals surface area contributed by atoms with Gasteiger partial charge in [0.2, 0.25) is 5.91 Å². The van der Waals surface area contributed by atoms with Crippen molar-refractivity contribution in [2.75, 3.05) is 6.61 Å². The second-order valence-corrected chi connectivity index (χ2v) is 6.15. The number of ether oxygens (including phenoxy) is 1. The molecule has 1 aliphatic carbocycles. The van der Waals surface area contributed by atoms with Crippen LogP contribution in [-0.2, 0) is 16.1 Å². The molecule has 0 aliphatic heterocycles. The van der Waals surface area contributed by atoms with E-state index in [1.807, 2.05) is 20.8 Å². The molecule has 2 rings (SSSR count). The predicted octanol–water partition coefficient (Wildman–Crippen LogP) is 2.40. The third-order valence-electron chi connectivity index (χ3n) is 4.60. The van der Waals surface area contributed by atoms with Crippen LogP contribution in [0.5, 0.6) is 0 Å². The van der Waals surface area contributed by atoms with Crippen molar-refractivity contribution in [2.45, 2.75) is 45.4 Å². The van der Waals surface area contributed by atoms with E-state index in [0.717, 1.165) is 5.56 Å². The lowest BCUT2D eigenvalue weighted by Gasteiger charge is -2.57. The number of carbonyl (C=O) groups is 1. The van der Waals surface area contributed by atoms with Crippen molar-refractivity contribution in [2.24, 2.45) is 11.1 Å². The zero-order valence-electron chi connectivity index (χ0n) is 13.2. The van der Waals surface area contributed by atoms with Crippen LogP contribution in [0.2, 0.25) is 0 Å². The second kappa shape index (κ2) is 6.94. The molecule has 1 aliphatic rings. The Kier molecular flexibility index (Phi) is 5.96. The zero-order valence-corrected chi connectivity index (χ0v) is 14.0. The summed E-state index contributed by atoms with van der Waals surface area (Å²) in [4.78, 5) is 12.4. The normalized spacial score (nSPS) is 25.8. The molecule has 0 heterocycles. The molecule has 1 fully saturated rings.